The molecule has 2 amide bonds. The van der Waals surface area contributed by atoms with Crippen molar-refractivity contribution in [1.29, 1.82) is 0 Å². The second-order valence-electron chi connectivity index (χ2n) is 9.51. The molecule has 3 aromatic carbocycles. The van der Waals surface area contributed by atoms with E-state index in [9.17, 15) is 14.4 Å². The van der Waals surface area contributed by atoms with Crippen molar-refractivity contribution in [2.75, 3.05) is 18.0 Å². The third-order valence-electron chi connectivity index (χ3n) is 7.31. The first kappa shape index (κ1) is 22.3. The number of hydrogen-bond donors (Lipinski definition) is 0. The van der Waals surface area contributed by atoms with Gasteiger partial charge in [0.25, 0.3) is 11.8 Å². The van der Waals surface area contributed by atoms with Crippen molar-refractivity contribution >= 4 is 28.5 Å². The Bertz CT molecular complexity index is 1590. The lowest BCUT2D eigenvalue weighted by Gasteiger charge is -2.34. The lowest BCUT2D eigenvalue weighted by atomic mass is 9.83. The Kier molecular flexibility index (Phi) is 5.07. The second kappa shape index (κ2) is 8.19. The van der Waals surface area contributed by atoms with Crippen molar-refractivity contribution < 1.29 is 14.0 Å². The summed E-state index contributed by atoms with van der Waals surface area (Å²) >= 11 is 0. The Morgan fingerprint density at radius 2 is 1.64 bits per heavy atom. The van der Waals surface area contributed by atoms with Gasteiger partial charge < -0.3 is 14.2 Å². The van der Waals surface area contributed by atoms with E-state index >= 15 is 0 Å². The minimum atomic E-state index is -1.55. The molecule has 2 aliphatic rings. The van der Waals surface area contributed by atoms with E-state index in [1.165, 1.54) is 0 Å². The van der Waals surface area contributed by atoms with Crippen LogP contribution in [0, 0.1) is 6.92 Å². The summed E-state index contributed by atoms with van der Waals surface area (Å²) in [6.45, 7) is 4.66. The molecule has 6 rings (SSSR count). The molecule has 3 heterocycles. The van der Waals surface area contributed by atoms with Crippen molar-refractivity contribution in [3.63, 3.8) is 0 Å². The van der Waals surface area contributed by atoms with E-state index in [4.69, 9.17) is 4.42 Å². The van der Waals surface area contributed by atoms with Crippen molar-refractivity contribution in [3.05, 3.63) is 111 Å². The zero-order valence-corrected chi connectivity index (χ0v) is 20.3. The Morgan fingerprint density at radius 3 is 2.42 bits per heavy atom. The van der Waals surface area contributed by atoms with E-state index in [1.807, 2.05) is 74.5 Å². The van der Waals surface area contributed by atoms with Gasteiger partial charge in [-0.1, -0.05) is 67.1 Å². The maximum atomic E-state index is 14.4. The lowest BCUT2D eigenvalue weighted by molar-refractivity contribution is -0.126. The molecule has 4 aromatic rings. The predicted octanol–water partition coefficient (Wildman–Crippen LogP) is 4.80. The topological polar surface area (TPSA) is 70.8 Å². The van der Waals surface area contributed by atoms with Crippen LogP contribution in [-0.4, -0.2) is 29.8 Å². The summed E-state index contributed by atoms with van der Waals surface area (Å²) in [6, 6.07) is 22.6. The number of carbonyl (C=O) groups excluding carboxylic acids is 2. The van der Waals surface area contributed by atoms with E-state index in [-0.39, 0.29) is 29.2 Å². The van der Waals surface area contributed by atoms with E-state index in [1.54, 1.807) is 21.9 Å². The number of para-hydroxylation sites is 1. The average molecular weight is 479 g/mol. The third-order valence-corrected chi connectivity index (χ3v) is 7.31. The van der Waals surface area contributed by atoms with Crippen LogP contribution < -0.4 is 10.3 Å². The summed E-state index contributed by atoms with van der Waals surface area (Å²) in [7, 11) is 0. The van der Waals surface area contributed by atoms with Crippen LogP contribution in [0.4, 0.5) is 5.69 Å². The van der Waals surface area contributed by atoms with Crippen molar-refractivity contribution in [2.45, 2.75) is 32.2 Å². The minimum Gasteiger partial charge on any atom is -0.450 e. The van der Waals surface area contributed by atoms with E-state index < -0.39 is 11.4 Å². The van der Waals surface area contributed by atoms with E-state index in [2.05, 4.69) is 0 Å². The fourth-order valence-electron chi connectivity index (χ4n) is 5.74. The Morgan fingerprint density at radius 1 is 0.889 bits per heavy atom. The van der Waals surface area contributed by atoms with E-state index in [0.29, 0.717) is 29.5 Å². The number of anilines is 1. The van der Waals surface area contributed by atoms with Gasteiger partial charge in [-0.25, -0.2) is 0 Å². The van der Waals surface area contributed by atoms with Crippen molar-refractivity contribution in [1.82, 2.24) is 4.90 Å². The van der Waals surface area contributed by atoms with Crippen molar-refractivity contribution in [3.8, 4) is 0 Å². The molecule has 6 nitrogen and oxygen atoms in total. The quantitative estimate of drug-likeness (QED) is 0.413. The van der Waals surface area contributed by atoms with Gasteiger partial charge in [0.05, 0.1) is 16.6 Å². The molecule has 0 radical (unpaired) electrons. The van der Waals surface area contributed by atoms with Gasteiger partial charge in [0.15, 0.2) is 11.0 Å². The van der Waals surface area contributed by atoms with Gasteiger partial charge in [0.1, 0.15) is 5.58 Å². The zero-order chi connectivity index (χ0) is 25.0. The standard InChI is InChI=1S/C30H26N2O4/c1-3-16-31-23-12-8-7-11-22(23)30(29(31)35)25-26(33)21-18-19(2)13-14-24(21)36-27(25)28(34)32(30)17-15-20-9-5-4-6-10-20/h4-14,18H,3,15-17H2,1-2H3. The molecular weight excluding hydrogens is 452 g/mol. The molecule has 180 valence electrons. The molecule has 0 bridgehead atoms. The molecule has 1 spiro atoms. The molecule has 0 saturated heterocycles. The number of nitrogens with zero attached hydrogens (tertiary/aromatic N) is 2. The van der Waals surface area contributed by atoms with Gasteiger partial charge in [0.2, 0.25) is 5.76 Å². The lowest BCUT2D eigenvalue weighted by Crippen LogP contribution is -2.54. The Labute approximate surface area is 208 Å². The maximum Gasteiger partial charge on any atom is 0.291 e. The Balaban J connectivity index is 1.64. The summed E-state index contributed by atoms with van der Waals surface area (Å²) in [5, 5.41) is 0.380. The molecule has 0 saturated carbocycles. The number of fused-ring (bicyclic) bond motifs is 5. The van der Waals surface area contributed by atoms with Crippen LogP contribution >= 0.6 is 0 Å². The molecule has 1 atom stereocenters. The maximum absolute atomic E-state index is 14.4. The molecule has 0 N–H and O–H groups in total. The molecule has 2 aliphatic heterocycles. The molecule has 6 heteroatoms. The number of carbonyl (C=O) groups is 2. The van der Waals surface area contributed by atoms with Gasteiger partial charge in [-0.3, -0.25) is 14.4 Å². The first-order chi connectivity index (χ1) is 17.5. The highest BCUT2D eigenvalue weighted by atomic mass is 16.3. The highest BCUT2D eigenvalue weighted by Crippen LogP contribution is 2.52. The smallest absolute Gasteiger partial charge is 0.291 e. The number of benzene rings is 3. The fraction of sp³-hybridized carbons (Fsp3) is 0.233. The zero-order valence-electron chi connectivity index (χ0n) is 20.3. The van der Waals surface area contributed by atoms with Gasteiger partial charge in [-0.2, -0.15) is 0 Å². The third kappa shape index (κ3) is 2.94. The normalized spacial score (nSPS) is 18.4. The molecule has 1 unspecified atom stereocenters. The highest BCUT2D eigenvalue weighted by molar-refractivity contribution is 6.17. The summed E-state index contributed by atoms with van der Waals surface area (Å²) in [5.41, 5.74) is 1.94. The highest BCUT2D eigenvalue weighted by Gasteiger charge is 2.64. The first-order valence-corrected chi connectivity index (χ1v) is 12.3. The number of amides is 2. The summed E-state index contributed by atoms with van der Waals surface area (Å²) < 4.78 is 6.12. The second-order valence-corrected chi connectivity index (χ2v) is 9.51. The fourth-order valence-corrected chi connectivity index (χ4v) is 5.74. The van der Waals surface area contributed by atoms with E-state index in [0.717, 1.165) is 23.2 Å². The number of rotatable bonds is 5. The van der Waals surface area contributed by atoms with Crippen LogP contribution in [0.3, 0.4) is 0 Å². The van der Waals surface area contributed by atoms with Crippen LogP contribution in [0.25, 0.3) is 11.0 Å². The van der Waals surface area contributed by atoms with Crippen LogP contribution in [-0.2, 0) is 16.8 Å². The molecule has 1 aromatic heterocycles. The van der Waals surface area contributed by atoms with Crippen LogP contribution in [0.5, 0.6) is 0 Å². The van der Waals surface area contributed by atoms with Gasteiger partial charge >= 0.3 is 0 Å². The largest absolute Gasteiger partial charge is 0.450 e. The summed E-state index contributed by atoms with van der Waals surface area (Å²) in [4.78, 5) is 45.8. The average Bonchev–Trinajstić information content (AvgIpc) is 3.29. The Hall–Kier alpha value is -4.19. The van der Waals surface area contributed by atoms with Crippen molar-refractivity contribution in [2.24, 2.45) is 0 Å². The molecule has 0 aliphatic carbocycles. The van der Waals surface area contributed by atoms with Crippen LogP contribution in [0.1, 0.15) is 46.2 Å². The number of aryl methyl sites for hydroxylation is 1. The molecular formula is C30H26N2O4. The van der Waals surface area contributed by atoms with Gasteiger partial charge in [0, 0.05) is 18.7 Å². The molecule has 36 heavy (non-hydrogen) atoms. The SMILES string of the molecule is CCCN1C(=O)C2(c3ccccc31)c1c(oc3ccc(C)cc3c1=O)C(=O)N2CCc1ccccc1. The first-order valence-electron chi connectivity index (χ1n) is 12.3. The van der Waals surface area contributed by atoms with Gasteiger partial charge in [-0.15, -0.1) is 0 Å². The van der Waals surface area contributed by atoms with Gasteiger partial charge in [-0.05, 0) is 43.5 Å². The predicted molar refractivity (Wildman–Crippen MR) is 138 cm³/mol. The summed E-state index contributed by atoms with van der Waals surface area (Å²) in [5.74, 6) is -0.738. The van der Waals surface area contributed by atoms with Crippen LogP contribution in [0.2, 0.25) is 0 Å². The summed E-state index contributed by atoms with van der Waals surface area (Å²) in [6.07, 6.45) is 1.28. The minimum absolute atomic E-state index is 0.0362. The van der Waals surface area contributed by atoms with Crippen LogP contribution in [0.15, 0.2) is 82.0 Å². The molecule has 0 fully saturated rings. The number of hydrogen-bond acceptors (Lipinski definition) is 4. The monoisotopic (exact) mass is 478 g/mol.